The fourth-order valence-corrected chi connectivity index (χ4v) is 2.91. The number of hydrogen-bond donors (Lipinski definition) is 1. The van der Waals surface area contributed by atoms with Crippen molar-refractivity contribution >= 4 is 11.9 Å². The Bertz CT molecular complexity index is 403. The molecule has 0 heterocycles. The fourth-order valence-electron chi connectivity index (χ4n) is 2.91. The van der Waals surface area contributed by atoms with E-state index in [9.17, 15) is 14.7 Å². The third-order valence-corrected chi connectivity index (χ3v) is 4.73. The van der Waals surface area contributed by atoms with Gasteiger partial charge in [-0.25, -0.2) is 0 Å². The molecular weight excluding hydrogens is 316 g/mol. The van der Waals surface area contributed by atoms with Crippen LogP contribution in [0.3, 0.4) is 0 Å². The Balaban J connectivity index is 4.96. The SMILES string of the molecule is CCC=CC(C)CC(CC(CC(C)CC)C(=O)OCCCC)C(=O)O. The fraction of sp³-hybridized carbons (Fsp3) is 0.810. The second-order valence-electron chi connectivity index (χ2n) is 7.29. The van der Waals surface area contributed by atoms with Gasteiger partial charge in [0.05, 0.1) is 18.4 Å². The van der Waals surface area contributed by atoms with Gasteiger partial charge in [-0.2, -0.15) is 0 Å². The van der Waals surface area contributed by atoms with Crippen LogP contribution in [0.2, 0.25) is 0 Å². The first-order valence-electron chi connectivity index (χ1n) is 9.91. The molecule has 4 atom stereocenters. The predicted molar refractivity (Wildman–Crippen MR) is 102 cm³/mol. The van der Waals surface area contributed by atoms with Crippen molar-refractivity contribution in [3.63, 3.8) is 0 Å². The maximum atomic E-state index is 12.5. The van der Waals surface area contributed by atoms with E-state index >= 15 is 0 Å². The van der Waals surface area contributed by atoms with Gasteiger partial charge in [0.25, 0.3) is 0 Å². The number of carbonyl (C=O) groups excluding carboxylic acids is 1. The molecule has 0 fully saturated rings. The molecular formula is C21H38O4. The molecule has 146 valence electrons. The van der Waals surface area contributed by atoms with Crippen molar-refractivity contribution < 1.29 is 19.4 Å². The summed E-state index contributed by atoms with van der Waals surface area (Å²) < 4.78 is 5.39. The highest BCUT2D eigenvalue weighted by molar-refractivity contribution is 5.75. The molecule has 0 aromatic heterocycles. The van der Waals surface area contributed by atoms with Crippen LogP contribution in [0, 0.1) is 23.7 Å². The Hall–Kier alpha value is -1.32. The second-order valence-corrected chi connectivity index (χ2v) is 7.29. The maximum absolute atomic E-state index is 12.5. The number of hydrogen-bond acceptors (Lipinski definition) is 3. The molecule has 0 spiro atoms. The average Bonchev–Trinajstić information content (AvgIpc) is 2.58. The van der Waals surface area contributed by atoms with Crippen LogP contribution in [0.15, 0.2) is 12.2 Å². The van der Waals surface area contributed by atoms with Gasteiger partial charge in [-0.1, -0.05) is 59.6 Å². The molecule has 0 aliphatic carbocycles. The summed E-state index contributed by atoms with van der Waals surface area (Å²) in [6.45, 7) is 10.8. The highest BCUT2D eigenvalue weighted by atomic mass is 16.5. The minimum Gasteiger partial charge on any atom is -0.481 e. The largest absolute Gasteiger partial charge is 0.481 e. The van der Waals surface area contributed by atoms with Gasteiger partial charge in [0.15, 0.2) is 0 Å². The standard InChI is InChI=1S/C21H38O4/c1-6-9-11-17(5)14-18(20(22)23)15-19(13-16(4)8-3)21(24)25-12-10-7-2/h9,11,16-19H,6-8,10,12-15H2,1-5H3,(H,22,23). The summed E-state index contributed by atoms with van der Waals surface area (Å²) in [5.41, 5.74) is 0. The number of allylic oxidation sites excluding steroid dienone is 2. The summed E-state index contributed by atoms with van der Waals surface area (Å²) in [6.07, 6.45) is 9.52. The molecule has 0 aromatic rings. The average molecular weight is 355 g/mol. The molecule has 0 aromatic carbocycles. The van der Waals surface area contributed by atoms with Crippen LogP contribution in [0.25, 0.3) is 0 Å². The number of esters is 1. The van der Waals surface area contributed by atoms with Gasteiger partial charge >= 0.3 is 11.9 Å². The first-order valence-corrected chi connectivity index (χ1v) is 9.91. The van der Waals surface area contributed by atoms with Crippen molar-refractivity contribution in [3.8, 4) is 0 Å². The zero-order chi connectivity index (χ0) is 19.2. The van der Waals surface area contributed by atoms with E-state index < -0.39 is 11.9 Å². The summed E-state index contributed by atoms with van der Waals surface area (Å²) in [5.74, 6) is -1.29. The van der Waals surface area contributed by atoms with Crippen LogP contribution in [-0.4, -0.2) is 23.7 Å². The summed E-state index contributed by atoms with van der Waals surface area (Å²) >= 11 is 0. The first-order chi connectivity index (χ1) is 11.8. The highest BCUT2D eigenvalue weighted by Gasteiger charge is 2.30. The van der Waals surface area contributed by atoms with Crippen LogP contribution in [0.1, 0.15) is 79.6 Å². The lowest BCUT2D eigenvalue weighted by molar-refractivity contribution is -0.151. The van der Waals surface area contributed by atoms with Crippen molar-refractivity contribution in [1.29, 1.82) is 0 Å². The number of ether oxygens (including phenoxy) is 1. The van der Waals surface area contributed by atoms with Crippen LogP contribution >= 0.6 is 0 Å². The van der Waals surface area contributed by atoms with Gasteiger partial charge in [0.1, 0.15) is 0 Å². The molecule has 4 unspecified atom stereocenters. The molecule has 4 nitrogen and oxygen atoms in total. The highest BCUT2D eigenvalue weighted by Crippen LogP contribution is 2.27. The minimum atomic E-state index is -0.813. The van der Waals surface area contributed by atoms with E-state index in [2.05, 4.69) is 39.8 Å². The number of rotatable bonds is 14. The summed E-state index contributed by atoms with van der Waals surface area (Å²) in [7, 11) is 0. The van der Waals surface area contributed by atoms with Gasteiger partial charge in [0, 0.05) is 0 Å². The number of carboxylic acid groups (broad SMARTS) is 1. The molecule has 0 saturated carbocycles. The van der Waals surface area contributed by atoms with Crippen molar-refractivity contribution in [2.75, 3.05) is 6.61 Å². The Labute approximate surface area is 154 Å². The van der Waals surface area contributed by atoms with E-state index in [4.69, 9.17) is 4.74 Å². The minimum absolute atomic E-state index is 0.196. The quantitative estimate of drug-likeness (QED) is 0.255. The van der Waals surface area contributed by atoms with Crippen molar-refractivity contribution in [1.82, 2.24) is 0 Å². The Morgan fingerprint density at radius 1 is 1.04 bits per heavy atom. The second kappa shape index (κ2) is 13.9. The van der Waals surface area contributed by atoms with Crippen molar-refractivity contribution in [2.24, 2.45) is 23.7 Å². The molecule has 1 N–H and O–H groups in total. The molecule has 0 rings (SSSR count). The molecule has 4 heteroatoms. The van der Waals surface area contributed by atoms with Crippen LogP contribution in [0.5, 0.6) is 0 Å². The molecule has 0 radical (unpaired) electrons. The maximum Gasteiger partial charge on any atom is 0.308 e. The lowest BCUT2D eigenvalue weighted by Crippen LogP contribution is -2.27. The molecule has 0 aliphatic heterocycles. The lowest BCUT2D eigenvalue weighted by atomic mass is 9.83. The summed E-state index contributed by atoms with van der Waals surface area (Å²) in [5, 5.41) is 9.61. The lowest BCUT2D eigenvalue weighted by Gasteiger charge is -2.23. The molecule has 25 heavy (non-hydrogen) atoms. The van der Waals surface area contributed by atoms with Crippen molar-refractivity contribution in [3.05, 3.63) is 12.2 Å². The van der Waals surface area contributed by atoms with E-state index in [0.29, 0.717) is 31.8 Å². The Kier molecular flexibility index (Phi) is 13.2. The Morgan fingerprint density at radius 3 is 2.24 bits per heavy atom. The predicted octanol–water partition coefficient (Wildman–Crippen LogP) is 5.47. The first kappa shape index (κ1) is 23.7. The molecule has 0 saturated heterocycles. The van der Waals surface area contributed by atoms with Gasteiger partial charge in [-0.05, 0) is 43.9 Å². The zero-order valence-corrected chi connectivity index (χ0v) is 16.8. The van der Waals surface area contributed by atoms with Gasteiger partial charge < -0.3 is 9.84 Å². The van der Waals surface area contributed by atoms with Gasteiger partial charge in [0.2, 0.25) is 0 Å². The number of aliphatic carboxylic acids is 1. The summed E-state index contributed by atoms with van der Waals surface area (Å²) in [4.78, 5) is 24.2. The topological polar surface area (TPSA) is 63.6 Å². The van der Waals surface area contributed by atoms with Crippen LogP contribution in [-0.2, 0) is 14.3 Å². The summed E-state index contributed by atoms with van der Waals surface area (Å²) in [6, 6.07) is 0. The smallest absolute Gasteiger partial charge is 0.308 e. The Morgan fingerprint density at radius 2 is 1.72 bits per heavy atom. The molecule has 0 bridgehead atoms. The van der Waals surface area contributed by atoms with Gasteiger partial charge in [-0.15, -0.1) is 0 Å². The van der Waals surface area contributed by atoms with E-state index in [1.807, 2.05) is 6.92 Å². The van der Waals surface area contributed by atoms with E-state index in [1.54, 1.807) is 0 Å². The van der Waals surface area contributed by atoms with Crippen LogP contribution < -0.4 is 0 Å². The van der Waals surface area contributed by atoms with Crippen LogP contribution in [0.4, 0.5) is 0 Å². The monoisotopic (exact) mass is 354 g/mol. The normalized spacial score (nSPS) is 16.4. The van der Waals surface area contributed by atoms with Crippen molar-refractivity contribution in [2.45, 2.75) is 79.6 Å². The third-order valence-electron chi connectivity index (χ3n) is 4.73. The van der Waals surface area contributed by atoms with E-state index in [1.165, 1.54) is 0 Å². The number of carboxylic acids is 1. The zero-order valence-electron chi connectivity index (χ0n) is 16.8. The van der Waals surface area contributed by atoms with E-state index in [0.717, 1.165) is 25.7 Å². The molecule has 0 amide bonds. The van der Waals surface area contributed by atoms with E-state index in [-0.39, 0.29) is 17.8 Å². The number of unbranched alkanes of at least 4 members (excludes halogenated alkanes) is 1. The number of carbonyl (C=O) groups is 2. The molecule has 0 aliphatic rings. The van der Waals surface area contributed by atoms with Gasteiger partial charge in [-0.3, -0.25) is 9.59 Å². The third kappa shape index (κ3) is 11.0.